The summed E-state index contributed by atoms with van der Waals surface area (Å²) >= 11 is 0. The van der Waals surface area contributed by atoms with Crippen LogP contribution in [0.15, 0.2) is 6.07 Å². The lowest BCUT2D eigenvalue weighted by molar-refractivity contribution is 0.126. The van der Waals surface area contributed by atoms with Gasteiger partial charge >= 0.3 is 0 Å². The zero-order valence-corrected chi connectivity index (χ0v) is 13.4. The van der Waals surface area contributed by atoms with Gasteiger partial charge in [-0.25, -0.2) is 9.97 Å². The van der Waals surface area contributed by atoms with Crippen LogP contribution in [0.5, 0.6) is 0 Å². The van der Waals surface area contributed by atoms with E-state index in [2.05, 4.69) is 41.4 Å². The topological polar surface area (TPSA) is 59.1 Å². The molecule has 114 valence electrons. The molecule has 0 aromatic carbocycles. The molecule has 20 heavy (non-hydrogen) atoms. The van der Waals surface area contributed by atoms with Crippen LogP contribution >= 0.6 is 0 Å². The zero-order chi connectivity index (χ0) is 15.0. The number of aryl methyl sites for hydroxylation is 1. The summed E-state index contributed by atoms with van der Waals surface area (Å²) < 4.78 is 5.53. The maximum Gasteiger partial charge on any atom is 0.132 e. The first-order chi connectivity index (χ1) is 9.56. The van der Waals surface area contributed by atoms with E-state index < -0.39 is 0 Å². The zero-order valence-electron chi connectivity index (χ0n) is 13.4. The summed E-state index contributed by atoms with van der Waals surface area (Å²) in [7, 11) is 0. The monoisotopic (exact) mass is 280 g/mol. The number of hydrogen-bond acceptors (Lipinski definition) is 5. The molecule has 0 saturated heterocycles. The number of nitrogens with zero attached hydrogens (tertiary/aromatic N) is 2. The van der Waals surface area contributed by atoms with Crippen molar-refractivity contribution in [2.75, 3.05) is 30.4 Å². The highest BCUT2D eigenvalue weighted by molar-refractivity contribution is 5.48. The molecule has 1 heterocycles. The average Bonchev–Trinajstić information content (AvgIpc) is 2.40. The van der Waals surface area contributed by atoms with Crippen molar-refractivity contribution in [3.8, 4) is 0 Å². The van der Waals surface area contributed by atoms with Crippen LogP contribution in [0.2, 0.25) is 0 Å². The van der Waals surface area contributed by atoms with Crippen LogP contribution in [0.1, 0.15) is 39.9 Å². The Morgan fingerprint density at radius 2 is 1.90 bits per heavy atom. The van der Waals surface area contributed by atoms with E-state index in [0.29, 0.717) is 12.5 Å². The Morgan fingerprint density at radius 3 is 2.50 bits per heavy atom. The first-order valence-corrected chi connectivity index (χ1v) is 7.50. The fourth-order valence-corrected chi connectivity index (χ4v) is 1.82. The van der Waals surface area contributed by atoms with Crippen molar-refractivity contribution >= 4 is 11.6 Å². The molecular formula is C15H28N4O. The van der Waals surface area contributed by atoms with Crippen molar-refractivity contribution in [3.63, 3.8) is 0 Å². The first kappa shape index (κ1) is 16.7. The van der Waals surface area contributed by atoms with E-state index in [1.165, 1.54) is 0 Å². The smallest absolute Gasteiger partial charge is 0.132 e. The minimum atomic E-state index is 0.253. The van der Waals surface area contributed by atoms with Crippen LogP contribution in [0, 0.1) is 12.8 Å². The van der Waals surface area contributed by atoms with Gasteiger partial charge in [0.2, 0.25) is 0 Å². The minimum Gasteiger partial charge on any atom is -0.380 e. The molecule has 0 fully saturated rings. The molecule has 0 saturated carbocycles. The number of anilines is 2. The van der Waals surface area contributed by atoms with Crippen molar-refractivity contribution in [1.29, 1.82) is 0 Å². The summed E-state index contributed by atoms with van der Waals surface area (Å²) in [4.78, 5) is 8.85. The van der Waals surface area contributed by atoms with Crippen molar-refractivity contribution in [1.82, 2.24) is 9.97 Å². The quantitative estimate of drug-likeness (QED) is 0.728. The molecule has 1 aromatic heterocycles. The number of aromatic nitrogens is 2. The van der Waals surface area contributed by atoms with E-state index in [-0.39, 0.29) is 6.04 Å². The Morgan fingerprint density at radius 1 is 1.20 bits per heavy atom. The molecule has 1 atom stereocenters. The normalized spacial score (nSPS) is 12.5. The average molecular weight is 280 g/mol. The van der Waals surface area contributed by atoms with Crippen LogP contribution in [-0.4, -0.2) is 35.8 Å². The third-order valence-electron chi connectivity index (χ3n) is 3.03. The van der Waals surface area contributed by atoms with Gasteiger partial charge in [-0.1, -0.05) is 20.8 Å². The van der Waals surface area contributed by atoms with Crippen molar-refractivity contribution < 1.29 is 4.74 Å². The van der Waals surface area contributed by atoms with E-state index in [4.69, 9.17) is 4.74 Å². The van der Waals surface area contributed by atoms with Gasteiger partial charge in [0.25, 0.3) is 0 Å². The molecule has 0 aliphatic carbocycles. The summed E-state index contributed by atoms with van der Waals surface area (Å²) in [5, 5.41) is 6.75. The van der Waals surface area contributed by atoms with Gasteiger partial charge < -0.3 is 15.4 Å². The molecule has 5 nitrogen and oxygen atoms in total. The summed E-state index contributed by atoms with van der Waals surface area (Å²) in [6.07, 6.45) is 1.07. The molecule has 0 amide bonds. The first-order valence-electron chi connectivity index (χ1n) is 7.50. The van der Waals surface area contributed by atoms with E-state index in [9.17, 15) is 0 Å². The Hall–Kier alpha value is -1.36. The SMILES string of the molecule is CCCNc1cc(NC(COCC)C(C)C)nc(C)n1. The molecule has 0 spiro atoms. The summed E-state index contributed by atoms with van der Waals surface area (Å²) in [6.45, 7) is 12.8. The molecule has 0 radical (unpaired) electrons. The van der Waals surface area contributed by atoms with Gasteiger partial charge in [0.1, 0.15) is 17.5 Å². The van der Waals surface area contributed by atoms with Gasteiger partial charge in [-0.05, 0) is 26.2 Å². The molecule has 2 N–H and O–H groups in total. The van der Waals surface area contributed by atoms with Gasteiger partial charge in [-0.2, -0.15) is 0 Å². The maximum atomic E-state index is 5.53. The second-order valence-corrected chi connectivity index (χ2v) is 5.27. The highest BCUT2D eigenvalue weighted by Gasteiger charge is 2.14. The van der Waals surface area contributed by atoms with Gasteiger partial charge in [0.15, 0.2) is 0 Å². The van der Waals surface area contributed by atoms with Crippen LogP contribution in [-0.2, 0) is 4.74 Å². The highest BCUT2D eigenvalue weighted by Crippen LogP contribution is 2.15. The van der Waals surface area contributed by atoms with Crippen molar-refractivity contribution in [3.05, 3.63) is 11.9 Å². The lowest BCUT2D eigenvalue weighted by Gasteiger charge is -2.23. The highest BCUT2D eigenvalue weighted by atomic mass is 16.5. The second kappa shape index (κ2) is 8.74. The predicted octanol–water partition coefficient (Wildman–Crippen LogP) is 3.08. The second-order valence-electron chi connectivity index (χ2n) is 5.27. The summed E-state index contributed by atoms with van der Waals surface area (Å²) in [5.41, 5.74) is 0. The molecule has 5 heteroatoms. The van der Waals surface area contributed by atoms with E-state index in [1.54, 1.807) is 0 Å². The molecule has 0 aliphatic heterocycles. The van der Waals surface area contributed by atoms with Gasteiger partial charge in [0, 0.05) is 19.2 Å². The molecule has 1 rings (SSSR count). The standard InChI is InChI=1S/C15H28N4O/c1-6-8-16-14-9-15(18-12(5)17-14)19-13(11(3)4)10-20-7-2/h9,11,13H,6-8,10H2,1-5H3,(H2,16,17,18,19). The third kappa shape index (κ3) is 5.74. The lowest BCUT2D eigenvalue weighted by Crippen LogP contribution is -2.31. The molecule has 0 bridgehead atoms. The number of nitrogens with one attached hydrogen (secondary N) is 2. The number of hydrogen-bond donors (Lipinski definition) is 2. The Balaban J connectivity index is 2.75. The van der Waals surface area contributed by atoms with Crippen LogP contribution in [0.4, 0.5) is 11.6 Å². The number of ether oxygens (including phenoxy) is 1. The lowest BCUT2D eigenvalue weighted by atomic mass is 10.1. The summed E-state index contributed by atoms with van der Waals surface area (Å²) in [5.74, 6) is 2.98. The predicted molar refractivity (Wildman–Crippen MR) is 84.3 cm³/mol. The van der Waals surface area contributed by atoms with E-state index in [1.807, 2.05) is 19.9 Å². The van der Waals surface area contributed by atoms with E-state index in [0.717, 1.165) is 37.0 Å². The molecule has 1 unspecified atom stereocenters. The van der Waals surface area contributed by atoms with Crippen LogP contribution in [0.25, 0.3) is 0 Å². The van der Waals surface area contributed by atoms with Crippen molar-refractivity contribution in [2.45, 2.75) is 47.1 Å². The fourth-order valence-electron chi connectivity index (χ4n) is 1.82. The molecule has 0 aliphatic rings. The van der Waals surface area contributed by atoms with Gasteiger partial charge in [-0.15, -0.1) is 0 Å². The Labute approximate surface area is 122 Å². The Kier molecular flexibility index (Phi) is 7.30. The largest absolute Gasteiger partial charge is 0.380 e. The minimum absolute atomic E-state index is 0.253. The van der Waals surface area contributed by atoms with Gasteiger partial charge in [0.05, 0.1) is 12.6 Å². The molecular weight excluding hydrogens is 252 g/mol. The van der Waals surface area contributed by atoms with Crippen LogP contribution in [0.3, 0.4) is 0 Å². The molecule has 1 aromatic rings. The fraction of sp³-hybridized carbons (Fsp3) is 0.733. The van der Waals surface area contributed by atoms with Gasteiger partial charge in [-0.3, -0.25) is 0 Å². The number of rotatable bonds is 9. The van der Waals surface area contributed by atoms with Crippen molar-refractivity contribution in [2.24, 2.45) is 5.92 Å². The Bertz CT molecular complexity index is 395. The van der Waals surface area contributed by atoms with E-state index >= 15 is 0 Å². The van der Waals surface area contributed by atoms with Crippen LogP contribution < -0.4 is 10.6 Å². The third-order valence-corrected chi connectivity index (χ3v) is 3.03. The maximum absolute atomic E-state index is 5.53. The summed E-state index contributed by atoms with van der Waals surface area (Å²) in [6, 6.07) is 2.22.